The molecule has 1 rings (SSSR count). The topological polar surface area (TPSA) is 67.8 Å². The third kappa shape index (κ3) is 3.28. The van der Waals surface area contributed by atoms with Crippen LogP contribution in [0.2, 0.25) is 0 Å². The molecule has 0 aliphatic heterocycles. The van der Waals surface area contributed by atoms with Gasteiger partial charge in [0.2, 0.25) is 0 Å². The van der Waals surface area contributed by atoms with Gasteiger partial charge in [-0.25, -0.2) is 0 Å². The van der Waals surface area contributed by atoms with Gasteiger partial charge < -0.3 is 15.7 Å². The maximum Gasteiger partial charge on any atom is 0.425 e. The van der Waals surface area contributed by atoms with Crippen LogP contribution in [0, 0.1) is 0 Å². The Kier molecular flexibility index (Phi) is 4.44. The smallest absolute Gasteiger partial charge is 0.425 e. The van der Waals surface area contributed by atoms with Crippen molar-refractivity contribution in [1.82, 2.24) is 0 Å². The predicted octanol–water partition coefficient (Wildman–Crippen LogP) is 2.87. The van der Waals surface area contributed by atoms with Crippen molar-refractivity contribution in [3.63, 3.8) is 0 Å². The van der Waals surface area contributed by atoms with Crippen LogP contribution in [0.3, 0.4) is 0 Å². The maximum absolute atomic E-state index is 12.4. The lowest BCUT2D eigenvalue weighted by atomic mass is 10.2. The van der Waals surface area contributed by atoms with Gasteiger partial charge in [-0.3, -0.25) is 0 Å². The molecule has 1 aromatic carbocycles. The molecule has 18 heavy (non-hydrogen) atoms. The molecule has 1 aromatic rings. The van der Waals surface area contributed by atoms with E-state index in [2.05, 4.69) is 21.1 Å². The lowest BCUT2D eigenvalue weighted by Crippen LogP contribution is -2.32. The van der Waals surface area contributed by atoms with Crippen LogP contribution in [0.15, 0.2) is 27.8 Å². The third-order valence-electron chi connectivity index (χ3n) is 2.10. The zero-order valence-corrected chi connectivity index (χ0v) is 10.8. The molecule has 0 aliphatic carbocycles. The van der Waals surface area contributed by atoms with Crippen LogP contribution < -0.4 is 10.5 Å². The minimum Gasteiger partial charge on any atom is -0.480 e. The van der Waals surface area contributed by atoms with E-state index in [1.54, 1.807) is 6.07 Å². The summed E-state index contributed by atoms with van der Waals surface area (Å²) in [6, 6.07) is 4.33. The Bertz CT molecular complexity index is 463. The van der Waals surface area contributed by atoms with Crippen molar-refractivity contribution in [3.05, 3.63) is 28.2 Å². The Balaban J connectivity index is 3.14. The molecule has 0 spiro atoms. The second-order valence-electron chi connectivity index (χ2n) is 3.40. The summed E-state index contributed by atoms with van der Waals surface area (Å²) in [5.74, 6) is -0.462. The molecule has 1 atom stereocenters. The van der Waals surface area contributed by atoms with Crippen LogP contribution in [0.25, 0.3) is 0 Å². The number of rotatable bonds is 3. The highest BCUT2D eigenvalue weighted by Crippen LogP contribution is 2.30. The number of nitrogens with two attached hydrogens (primary N) is 1. The Morgan fingerprint density at radius 3 is 2.61 bits per heavy atom. The van der Waals surface area contributed by atoms with Crippen molar-refractivity contribution in [2.24, 2.45) is 10.9 Å². The normalized spacial score (nSPS) is 14.4. The van der Waals surface area contributed by atoms with E-state index in [0.29, 0.717) is 4.47 Å². The highest BCUT2D eigenvalue weighted by Gasteiger charge is 2.38. The van der Waals surface area contributed by atoms with Crippen LogP contribution in [-0.4, -0.2) is 23.3 Å². The first-order chi connectivity index (χ1) is 8.27. The maximum atomic E-state index is 12.4. The quantitative estimate of drug-likeness (QED) is 0.388. The van der Waals surface area contributed by atoms with Gasteiger partial charge in [-0.1, -0.05) is 11.2 Å². The van der Waals surface area contributed by atoms with E-state index in [0.717, 1.165) is 6.92 Å². The summed E-state index contributed by atoms with van der Waals surface area (Å²) in [5, 5.41) is 11.3. The molecular formula is C10H10BrF3N2O2. The Morgan fingerprint density at radius 2 is 2.11 bits per heavy atom. The van der Waals surface area contributed by atoms with Crippen molar-refractivity contribution in [3.8, 4) is 5.75 Å². The molecule has 0 heterocycles. The van der Waals surface area contributed by atoms with Crippen LogP contribution >= 0.6 is 15.9 Å². The van der Waals surface area contributed by atoms with E-state index in [-0.39, 0.29) is 17.1 Å². The number of oxime groups is 1. The van der Waals surface area contributed by atoms with Gasteiger partial charge in [0.25, 0.3) is 0 Å². The highest BCUT2D eigenvalue weighted by molar-refractivity contribution is 9.10. The summed E-state index contributed by atoms with van der Waals surface area (Å²) in [4.78, 5) is 0. The summed E-state index contributed by atoms with van der Waals surface area (Å²) < 4.78 is 42.4. The predicted molar refractivity (Wildman–Crippen MR) is 62.8 cm³/mol. The molecule has 0 radical (unpaired) electrons. The molecule has 0 bridgehead atoms. The Hall–Kier alpha value is -1.44. The monoisotopic (exact) mass is 326 g/mol. The van der Waals surface area contributed by atoms with Crippen molar-refractivity contribution < 1.29 is 23.1 Å². The van der Waals surface area contributed by atoms with Crippen molar-refractivity contribution in [2.45, 2.75) is 19.2 Å². The second-order valence-corrected chi connectivity index (χ2v) is 4.25. The van der Waals surface area contributed by atoms with Crippen LogP contribution in [0.4, 0.5) is 13.2 Å². The van der Waals surface area contributed by atoms with Crippen LogP contribution in [0.5, 0.6) is 5.75 Å². The first-order valence-electron chi connectivity index (χ1n) is 4.77. The van der Waals surface area contributed by atoms with Gasteiger partial charge in [-0.2, -0.15) is 13.2 Å². The molecule has 1 unspecified atom stereocenters. The second kappa shape index (κ2) is 5.47. The van der Waals surface area contributed by atoms with Crippen molar-refractivity contribution in [1.29, 1.82) is 0 Å². The lowest BCUT2D eigenvalue weighted by Gasteiger charge is -2.19. The summed E-state index contributed by atoms with van der Waals surface area (Å²) in [5.41, 5.74) is 5.46. The number of hydrogen-bond acceptors (Lipinski definition) is 3. The summed E-state index contributed by atoms with van der Waals surface area (Å²) in [6.45, 7) is 0.872. The van der Waals surface area contributed by atoms with E-state index in [1.807, 2.05) is 0 Å². The van der Waals surface area contributed by atoms with Gasteiger partial charge in [0.15, 0.2) is 11.9 Å². The molecule has 0 aliphatic rings. The third-order valence-corrected chi connectivity index (χ3v) is 2.76. The Labute approximate surface area is 109 Å². The SMILES string of the molecule is CC(Oc1cccc(Br)c1/C(N)=N/O)C(F)(F)F. The van der Waals surface area contributed by atoms with Crippen LogP contribution in [-0.2, 0) is 0 Å². The molecule has 0 fully saturated rings. The van der Waals surface area contributed by atoms with E-state index < -0.39 is 12.3 Å². The molecule has 0 aromatic heterocycles. The fourth-order valence-corrected chi connectivity index (χ4v) is 1.71. The summed E-state index contributed by atoms with van der Waals surface area (Å²) in [6.07, 6.45) is -6.50. The van der Waals surface area contributed by atoms with E-state index in [9.17, 15) is 13.2 Å². The zero-order chi connectivity index (χ0) is 13.9. The number of halogens is 4. The largest absolute Gasteiger partial charge is 0.480 e. The van der Waals surface area contributed by atoms with Crippen molar-refractivity contribution in [2.75, 3.05) is 0 Å². The molecular weight excluding hydrogens is 317 g/mol. The van der Waals surface area contributed by atoms with Crippen molar-refractivity contribution >= 4 is 21.8 Å². The summed E-state index contributed by atoms with van der Waals surface area (Å²) in [7, 11) is 0. The number of alkyl halides is 3. The average Bonchev–Trinajstić information content (AvgIpc) is 2.27. The first-order valence-corrected chi connectivity index (χ1v) is 5.56. The first kappa shape index (κ1) is 14.6. The Morgan fingerprint density at radius 1 is 1.50 bits per heavy atom. The van der Waals surface area contributed by atoms with Gasteiger partial charge in [0.05, 0.1) is 5.56 Å². The fourth-order valence-electron chi connectivity index (χ4n) is 1.16. The van der Waals surface area contributed by atoms with Gasteiger partial charge in [0.1, 0.15) is 5.75 Å². The highest BCUT2D eigenvalue weighted by atomic mass is 79.9. The fraction of sp³-hybridized carbons (Fsp3) is 0.300. The molecule has 0 amide bonds. The molecule has 4 nitrogen and oxygen atoms in total. The minimum atomic E-state index is -4.50. The number of hydrogen-bond donors (Lipinski definition) is 2. The van der Waals surface area contributed by atoms with Gasteiger partial charge in [0, 0.05) is 4.47 Å². The van der Waals surface area contributed by atoms with Gasteiger partial charge >= 0.3 is 6.18 Å². The summed E-state index contributed by atoms with van der Waals surface area (Å²) >= 11 is 3.10. The van der Waals surface area contributed by atoms with Gasteiger partial charge in [-0.15, -0.1) is 0 Å². The average molecular weight is 327 g/mol. The molecule has 0 saturated heterocycles. The van der Waals surface area contributed by atoms with Crippen LogP contribution in [0.1, 0.15) is 12.5 Å². The minimum absolute atomic E-state index is 0.0658. The number of nitrogens with zero attached hydrogens (tertiary/aromatic N) is 1. The van der Waals surface area contributed by atoms with Gasteiger partial charge in [-0.05, 0) is 35.0 Å². The molecule has 100 valence electrons. The van der Waals surface area contributed by atoms with E-state index in [4.69, 9.17) is 15.7 Å². The lowest BCUT2D eigenvalue weighted by molar-refractivity contribution is -0.189. The molecule has 8 heteroatoms. The number of benzene rings is 1. The molecule has 3 N–H and O–H groups in total. The standard InChI is InChI=1S/C10H10BrF3N2O2/c1-5(10(12,13)14)18-7-4-2-3-6(11)8(7)9(15)16-17/h2-5,17H,1H3,(H2,15,16). The number of ether oxygens (including phenoxy) is 1. The molecule has 0 saturated carbocycles. The van der Waals surface area contributed by atoms with E-state index >= 15 is 0 Å². The zero-order valence-electron chi connectivity index (χ0n) is 9.20. The number of amidine groups is 1. The van der Waals surface area contributed by atoms with E-state index in [1.165, 1.54) is 12.1 Å².